The summed E-state index contributed by atoms with van der Waals surface area (Å²) in [6.07, 6.45) is 3.07. The molecule has 1 aliphatic rings. The molecule has 1 amide bonds. The first kappa shape index (κ1) is 15.5. The second-order valence-electron chi connectivity index (χ2n) is 5.89. The van der Waals surface area contributed by atoms with Crippen molar-refractivity contribution in [3.63, 3.8) is 0 Å². The number of carbonyl (C=O) groups is 1. The van der Waals surface area contributed by atoms with Crippen LogP contribution in [0.5, 0.6) is 5.75 Å². The van der Waals surface area contributed by atoms with Crippen molar-refractivity contribution < 1.29 is 13.9 Å². The SMILES string of the molecule is C=CC(=O)NC1CC(COc2cc(F)ccc2C(C)C)C1. The lowest BCUT2D eigenvalue weighted by molar-refractivity contribution is -0.118. The Balaban J connectivity index is 1.84. The summed E-state index contributed by atoms with van der Waals surface area (Å²) < 4.78 is 19.1. The monoisotopic (exact) mass is 291 g/mol. The Morgan fingerprint density at radius 3 is 2.86 bits per heavy atom. The van der Waals surface area contributed by atoms with Gasteiger partial charge < -0.3 is 10.1 Å². The smallest absolute Gasteiger partial charge is 0.243 e. The molecule has 2 rings (SSSR count). The van der Waals surface area contributed by atoms with Crippen molar-refractivity contribution in [1.82, 2.24) is 5.32 Å². The van der Waals surface area contributed by atoms with Crippen molar-refractivity contribution in [2.24, 2.45) is 5.92 Å². The summed E-state index contributed by atoms with van der Waals surface area (Å²) in [6, 6.07) is 4.90. The van der Waals surface area contributed by atoms with Gasteiger partial charge in [0, 0.05) is 12.1 Å². The second-order valence-corrected chi connectivity index (χ2v) is 5.89. The number of amides is 1. The van der Waals surface area contributed by atoms with Gasteiger partial charge in [-0.3, -0.25) is 4.79 Å². The zero-order chi connectivity index (χ0) is 15.4. The van der Waals surface area contributed by atoms with E-state index in [1.807, 2.05) is 0 Å². The number of benzene rings is 1. The molecule has 1 N–H and O–H groups in total. The van der Waals surface area contributed by atoms with Gasteiger partial charge in [-0.1, -0.05) is 26.5 Å². The fourth-order valence-electron chi connectivity index (χ4n) is 2.57. The maximum Gasteiger partial charge on any atom is 0.243 e. The molecule has 4 heteroatoms. The molecule has 0 spiro atoms. The van der Waals surface area contributed by atoms with E-state index in [1.54, 1.807) is 6.07 Å². The van der Waals surface area contributed by atoms with E-state index in [0.29, 0.717) is 24.2 Å². The van der Waals surface area contributed by atoms with Crippen LogP contribution in [-0.2, 0) is 4.79 Å². The number of ether oxygens (including phenoxy) is 1. The number of nitrogens with one attached hydrogen (secondary N) is 1. The van der Waals surface area contributed by atoms with Gasteiger partial charge in [0.1, 0.15) is 11.6 Å². The van der Waals surface area contributed by atoms with Crippen molar-refractivity contribution in [1.29, 1.82) is 0 Å². The van der Waals surface area contributed by atoms with E-state index in [2.05, 4.69) is 25.7 Å². The highest BCUT2D eigenvalue weighted by Gasteiger charge is 2.30. The summed E-state index contributed by atoms with van der Waals surface area (Å²) in [5.41, 5.74) is 1.02. The highest BCUT2D eigenvalue weighted by atomic mass is 19.1. The molecule has 0 aromatic heterocycles. The van der Waals surface area contributed by atoms with Gasteiger partial charge in [0.15, 0.2) is 0 Å². The summed E-state index contributed by atoms with van der Waals surface area (Å²) in [4.78, 5) is 11.2. The first-order valence-corrected chi connectivity index (χ1v) is 7.34. The molecule has 21 heavy (non-hydrogen) atoms. The third-order valence-electron chi connectivity index (χ3n) is 3.84. The lowest BCUT2D eigenvalue weighted by Gasteiger charge is -2.35. The molecular formula is C17H22FNO2. The van der Waals surface area contributed by atoms with Crippen LogP contribution in [-0.4, -0.2) is 18.6 Å². The van der Waals surface area contributed by atoms with Crippen LogP contribution in [0.2, 0.25) is 0 Å². The van der Waals surface area contributed by atoms with E-state index in [9.17, 15) is 9.18 Å². The second kappa shape index (κ2) is 6.74. The fraction of sp³-hybridized carbons (Fsp3) is 0.471. The molecule has 0 saturated heterocycles. The van der Waals surface area contributed by atoms with Gasteiger partial charge in [-0.25, -0.2) is 4.39 Å². The normalized spacial score (nSPS) is 20.8. The standard InChI is InChI=1S/C17H22FNO2/c1-4-17(20)19-14-7-12(8-14)10-21-16-9-13(18)5-6-15(16)11(2)3/h4-6,9,11-12,14H,1,7-8,10H2,2-3H3,(H,19,20). The molecule has 0 bridgehead atoms. The molecule has 1 aromatic rings. The Labute approximate surface area is 125 Å². The first-order chi connectivity index (χ1) is 9.99. The summed E-state index contributed by atoms with van der Waals surface area (Å²) >= 11 is 0. The molecule has 114 valence electrons. The van der Waals surface area contributed by atoms with Gasteiger partial charge in [-0.15, -0.1) is 0 Å². The quantitative estimate of drug-likeness (QED) is 0.816. The van der Waals surface area contributed by atoms with Gasteiger partial charge in [0.2, 0.25) is 5.91 Å². The van der Waals surface area contributed by atoms with Crippen molar-refractivity contribution >= 4 is 5.91 Å². The Morgan fingerprint density at radius 1 is 1.52 bits per heavy atom. The minimum absolute atomic E-state index is 0.133. The predicted molar refractivity (Wildman–Crippen MR) is 80.8 cm³/mol. The average Bonchev–Trinajstić information content (AvgIpc) is 2.40. The molecule has 1 aromatic carbocycles. The summed E-state index contributed by atoms with van der Waals surface area (Å²) in [7, 11) is 0. The van der Waals surface area contributed by atoms with Gasteiger partial charge in [-0.2, -0.15) is 0 Å². The Kier molecular flexibility index (Phi) is 4.99. The molecular weight excluding hydrogens is 269 g/mol. The summed E-state index contributed by atoms with van der Waals surface area (Å²) in [6.45, 7) is 8.11. The van der Waals surface area contributed by atoms with E-state index >= 15 is 0 Å². The highest BCUT2D eigenvalue weighted by Crippen LogP contribution is 2.31. The number of hydrogen-bond acceptors (Lipinski definition) is 2. The zero-order valence-electron chi connectivity index (χ0n) is 12.6. The lowest BCUT2D eigenvalue weighted by atomic mass is 9.81. The van der Waals surface area contributed by atoms with Gasteiger partial charge in [0.05, 0.1) is 6.61 Å². The molecule has 1 aliphatic carbocycles. The van der Waals surface area contributed by atoms with Crippen LogP contribution in [0.3, 0.4) is 0 Å². The van der Waals surface area contributed by atoms with Gasteiger partial charge in [-0.05, 0) is 42.4 Å². The topological polar surface area (TPSA) is 38.3 Å². The average molecular weight is 291 g/mol. The maximum atomic E-state index is 13.3. The Bertz CT molecular complexity index is 522. The molecule has 0 radical (unpaired) electrons. The van der Waals surface area contributed by atoms with E-state index in [-0.39, 0.29) is 17.8 Å². The van der Waals surface area contributed by atoms with Crippen LogP contribution in [0.4, 0.5) is 4.39 Å². The molecule has 1 saturated carbocycles. The van der Waals surface area contributed by atoms with E-state index in [1.165, 1.54) is 18.2 Å². The predicted octanol–water partition coefficient (Wildman–Crippen LogP) is 3.41. The molecule has 0 heterocycles. The van der Waals surface area contributed by atoms with Crippen molar-refractivity contribution in [2.75, 3.05) is 6.61 Å². The van der Waals surface area contributed by atoms with Gasteiger partial charge >= 0.3 is 0 Å². The van der Waals surface area contributed by atoms with Crippen LogP contribution in [0.15, 0.2) is 30.9 Å². The Morgan fingerprint density at radius 2 is 2.24 bits per heavy atom. The van der Waals surface area contributed by atoms with Crippen molar-refractivity contribution in [2.45, 2.75) is 38.6 Å². The van der Waals surface area contributed by atoms with Crippen molar-refractivity contribution in [3.05, 3.63) is 42.2 Å². The van der Waals surface area contributed by atoms with E-state index < -0.39 is 0 Å². The Hall–Kier alpha value is -1.84. The molecule has 0 aliphatic heterocycles. The molecule has 0 unspecified atom stereocenters. The maximum absolute atomic E-state index is 13.3. The summed E-state index contributed by atoms with van der Waals surface area (Å²) in [5, 5.41) is 2.86. The third kappa shape index (κ3) is 4.06. The summed E-state index contributed by atoms with van der Waals surface area (Å²) in [5.74, 6) is 0.916. The first-order valence-electron chi connectivity index (χ1n) is 7.34. The van der Waals surface area contributed by atoms with E-state index in [4.69, 9.17) is 4.74 Å². The highest BCUT2D eigenvalue weighted by molar-refractivity contribution is 5.87. The van der Waals surface area contributed by atoms with Crippen LogP contribution in [0.25, 0.3) is 0 Å². The lowest BCUT2D eigenvalue weighted by Crippen LogP contribution is -2.45. The van der Waals surface area contributed by atoms with Gasteiger partial charge in [0.25, 0.3) is 0 Å². The number of rotatable bonds is 6. The minimum Gasteiger partial charge on any atom is -0.493 e. The largest absolute Gasteiger partial charge is 0.493 e. The molecule has 0 atom stereocenters. The number of halogens is 1. The fourth-order valence-corrected chi connectivity index (χ4v) is 2.57. The molecule has 1 fully saturated rings. The van der Waals surface area contributed by atoms with Crippen LogP contribution < -0.4 is 10.1 Å². The third-order valence-corrected chi connectivity index (χ3v) is 3.84. The van der Waals surface area contributed by atoms with Crippen LogP contribution in [0, 0.1) is 11.7 Å². The van der Waals surface area contributed by atoms with Crippen molar-refractivity contribution in [3.8, 4) is 5.75 Å². The zero-order valence-corrected chi connectivity index (χ0v) is 12.6. The minimum atomic E-state index is -0.279. The van der Waals surface area contributed by atoms with E-state index in [0.717, 1.165) is 18.4 Å². The van der Waals surface area contributed by atoms with Crippen LogP contribution >= 0.6 is 0 Å². The van der Waals surface area contributed by atoms with Crippen LogP contribution in [0.1, 0.15) is 38.2 Å². The number of hydrogen-bond donors (Lipinski definition) is 1. The number of carbonyl (C=O) groups excluding carboxylic acids is 1. The molecule has 3 nitrogen and oxygen atoms in total.